The minimum absolute atomic E-state index is 0.0623. The van der Waals surface area contributed by atoms with Gasteiger partial charge < -0.3 is 15.7 Å². The van der Waals surface area contributed by atoms with Gasteiger partial charge in [0.05, 0.1) is 15.4 Å². The number of anilines is 1. The van der Waals surface area contributed by atoms with Crippen LogP contribution in [-0.2, 0) is 26.0 Å². The number of hydrogen-bond acceptors (Lipinski definition) is 6. The van der Waals surface area contributed by atoms with Crippen LogP contribution >= 0.6 is 35.0 Å². The molecule has 10 nitrogen and oxygen atoms in total. The van der Waals surface area contributed by atoms with Crippen molar-refractivity contribution in [2.75, 3.05) is 18.1 Å². The molecule has 4 rings (SSSR count). The van der Waals surface area contributed by atoms with Gasteiger partial charge in [0, 0.05) is 34.8 Å². The maximum atomic E-state index is 13.5. The highest BCUT2D eigenvalue weighted by atomic mass is 35.5. The Morgan fingerprint density at radius 1 is 1.12 bits per heavy atom. The number of aromatic nitrogens is 1. The Labute approximate surface area is 257 Å². The third kappa shape index (κ3) is 6.90. The molecule has 1 aromatic heterocycles. The minimum Gasteiger partial charge on any atom is -0.480 e. The van der Waals surface area contributed by atoms with Crippen molar-refractivity contribution in [1.82, 2.24) is 9.62 Å². The smallest absolute Gasteiger partial charge is 0.326 e. The number of carbonyl (C=O) groups is 3. The quantitative estimate of drug-likeness (QED) is 0.279. The van der Waals surface area contributed by atoms with Gasteiger partial charge in [-0.25, -0.2) is 18.2 Å². The van der Waals surface area contributed by atoms with Crippen LogP contribution < -0.4 is 15.6 Å². The van der Waals surface area contributed by atoms with E-state index in [0.717, 1.165) is 9.20 Å². The summed E-state index contributed by atoms with van der Waals surface area (Å²) >= 11 is 13.5. The van der Waals surface area contributed by atoms with Gasteiger partial charge in [0.1, 0.15) is 11.6 Å². The summed E-state index contributed by atoms with van der Waals surface area (Å²) < 4.78 is 28.0. The van der Waals surface area contributed by atoms with Gasteiger partial charge in [-0.3, -0.25) is 9.59 Å². The molecule has 2 atom stereocenters. The number of nitrogens with zero attached hydrogens (tertiary/aromatic N) is 1. The lowest BCUT2D eigenvalue weighted by Crippen LogP contribution is -2.58. The van der Waals surface area contributed by atoms with Crippen LogP contribution in [0.4, 0.5) is 5.69 Å². The van der Waals surface area contributed by atoms with Gasteiger partial charge >= 0.3 is 5.97 Å². The van der Waals surface area contributed by atoms with E-state index < -0.39 is 33.5 Å². The third-order valence-corrected chi connectivity index (χ3v) is 10.2. The Morgan fingerprint density at radius 3 is 2.40 bits per heavy atom. The number of thioether (sulfide) groups is 1. The number of halogens is 2. The number of amides is 2. The van der Waals surface area contributed by atoms with Gasteiger partial charge in [0.15, 0.2) is 12.4 Å². The monoisotopic (exact) mass is 651 g/mol. The summed E-state index contributed by atoms with van der Waals surface area (Å²) in [5, 5.41) is 15.5. The van der Waals surface area contributed by atoms with E-state index in [-0.39, 0.29) is 40.2 Å². The van der Waals surface area contributed by atoms with Gasteiger partial charge in [-0.1, -0.05) is 35.3 Å². The number of aromatic amines is 1. The molecule has 0 saturated carbocycles. The van der Waals surface area contributed by atoms with Gasteiger partial charge in [-0.05, 0) is 61.9 Å². The number of nitrogens with one attached hydrogen (secondary N) is 3. The zero-order valence-corrected chi connectivity index (χ0v) is 25.8. The van der Waals surface area contributed by atoms with Crippen LogP contribution in [0.1, 0.15) is 35.7 Å². The molecule has 2 amide bonds. The number of hydrogen-bond donors (Lipinski definition) is 3. The van der Waals surface area contributed by atoms with Crippen molar-refractivity contribution in [1.29, 1.82) is 0 Å². The topological polar surface area (TPSA) is 147 Å². The summed E-state index contributed by atoms with van der Waals surface area (Å²) in [4.78, 5) is 41.9. The average Bonchev–Trinajstić information content (AvgIpc) is 3.36. The number of carboxylic acids is 1. The predicted octanol–water partition coefficient (Wildman–Crippen LogP) is 4.14. The fraction of sp³-hybridized carbons (Fsp3) is 0.286. The largest absolute Gasteiger partial charge is 0.480 e. The van der Waals surface area contributed by atoms with Crippen molar-refractivity contribution >= 4 is 68.5 Å². The highest BCUT2D eigenvalue weighted by Gasteiger charge is 2.50. The molecule has 1 aliphatic heterocycles. The maximum absolute atomic E-state index is 13.5. The van der Waals surface area contributed by atoms with Crippen LogP contribution in [-0.4, -0.2) is 60.0 Å². The van der Waals surface area contributed by atoms with Crippen LogP contribution in [0.5, 0.6) is 0 Å². The molecular formula is C28H29Cl2N4O6S2+. The molecule has 1 aliphatic rings. The molecule has 42 heavy (non-hydrogen) atoms. The molecule has 1 fully saturated rings. The van der Waals surface area contributed by atoms with E-state index in [2.05, 4.69) is 15.6 Å². The second-order valence-corrected chi connectivity index (χ2v) is 13.5. The fourth-order valence-electron chi connectivity index (χ4n) is 4.80. The van der Waals surface area contributed by atoms with Crippen molar-refractivity contribution in [3.8, 4) is 0 Å². The zero-order chi connectivity index (χ0) is 30.7. The Morgan fingerprint density at radius 2 is 1.79 bits per heavy atom. The first-order valence-electron chi connectivity index (χ1n) is 12.8. The van der Waals surface area contributed by atoms with Crippen LogP contribution in [0.3, 0.4) is 0 Å². The molecule has 0 aliphatic carbocycles. The second-order valence-electron chi connectivity index (χ2n) is 9.91. The van der Waals surface area contributed by atoms with Crippen LogP contribution in [0, 0.1) is 0 Å². The van der Waals surface area contributed by atoms with Gasteiger partial charge in [0.2, 0.25) is 15.9 Å². The molecule has 0 spiro atoms. The first-order chi connectivity index (χ1) is 19.8. The molecular weight excluding hydrogens is 623 g/mol. The van der Waals surface area contributed by atoms with Crippen LogP contribution in [0.15, 0.2) is 70.7 Å². The summed E-state index contributed by atoms with van der Waals surface area (Å²) in [5.41, 5.74) is 0.0867. The van der Waals surface area contributed by atoms with Crippen molar-refractivity contribution < 1.29 is 32.9 Å². The number of aliphatic carboxylic acids is 1. The van der Waals surface area contributed by atoms with Crippen LogP contribution in [0.25, 0.3) is 0 Å². The summed E-state index contributed by atoms with van der Waals surface area (Å²) in [6.07, 6.45) is 5.80. The lowest BCUT2D eigenvalue weighted by atomic mass is 9.97. The van der Waals surface area contributed by atoms with Crippen molar-refractivity contribution in [2.24, 2.45) is 0 Å². The van der Waals surface area contributed by atoms with E-state index >= 15 is 0 Å². The Balaban J connectivity index is 1.47. The van der Waals surface area contributed by atoms with Crippen molar-refractivity contribution in [2.45, 2.75) is 47.6 Å². The van der Waals surface area contributed by atoms with Crippen molar-refractivity contribution in [3.05, 3.63) is 82.1 Å². The first kappa shape index (κ1) is 31.8. The predicted molar refractivity (Wildman–Crippen MR) is 160 cm³/mol. The number of carboxylic acid groups (broad SMARTS) is 1. The van der Waals surface area contributed by atoms with E-state index in [1.807, 2.05) is 6.26 Å². The number of sulfonamides is 1. The lowest BCUT2D eigenvalue weighted by molar-refractivity contribution is -0.381. The highest BCUT2D eigenvalue weighted by molar-refractivity contribution is 7.98. The molecule has 1 saturated heterocycles. The summed E-state index contributed by atoms with van der Waals surface area (Å²) in [6.45, 7) is 1.55. The van der Waals surface area contributed by atoms with Crippen LogP contribution in [0.2, 0.25) is 10.0 Å². The van der Waals surface area contributed by atoms with E-state index in [4.69, 9.17) is 23.2 Å². The normalized spacial score (nSPS) is 17.9. The standard InChI is InChI=1S/C28H28Cl2N4O6S2/c1-28(9-3-11-34(28)42(39,40)21-14-18(29)13-19(30)15-21)27(38)33-23(26(36)37)12-17-4-6-20(7-5-17)32-25(35)22-8-10-31-16-24(22)41-2/h4-8,10,13-16,23H,3,9,11-12H2,1-2H3,(H,32,35)(H,33,38)(H,36,37)/p+1/t23-,28-/m0/s1. The number of benzene rings is 2. The van der Waals surface area contributed by atoms with E-state index in [9.17, 15) is 27.9 Å². The number of pyridine rings is 1. The highest BCUT2D eigenvalue weighted by Crippen LogP contribution is 2.36. The summed E-state index contributed by atoms with van der Waals surface area (Å²) in [7, 11) is -4.17. The molecule has 3 aromatic rings. The first-order valence-corrected chi connectivity index (χ1v) is 16.2. The molecule has 4 N–H and O–H groups in total. The molecule has 0 unspecified atom stereocenters. The zero-order valence-electron chi connectivity index (χ0n) is 22.7. The average molecular weight is 653 g/mol. The van der Waals surface area contributed by atoms with Crippen molar-refractivity contribution in [3.63, 3.8) is 0 Å². The van der Waals surface area contributed by atoms with E-state index in [1.165, 1.54) is 36.9 Å². The Kier molecular flexibility index (Phi) is 9.84. The van der Waals surface area contributed by atoms with E-state index in [1.54, 1.807) is 42.7 Å². The van der Waals surface area contributed by atoms with E-state index in [0.29, 0.717) is 23.2 Å². The fourth-order valence-corrected chi connectivity index (χ4v) is 7.90. The van der Waals surface area contributed by atoms with Gasteiger partial charge in [-0.2, -0.15) is 4.31 Å². The molecule has 0 radical (unpaired) electrons. The molecule has 2 aromatic carbocycles. The third-order valence-electron chi connectivity index (χ3n) is 7.03. The lowest BCUT2D eigenvalue weighted by Gasteiger charge is -2.34. The maximum Gasteiger partial charge on any atom is 0.326 e. The minimum atomic E-state index is -4.17. The summed E-state index contributed by atoms with van der Waals surface area (Å²) in [5.74, 6) is -2.29. The van der Waals surface area contributed by atoms with Gasteiger partial charge in [0.25, 0.3) is 5.91 Å². The summed E-state index contributed by atoms with van der Waals surface area (Å²) in [6, 6.07) is 10.9. The Hall–Kier alpha value is -3.16. The second kappa shape index (κ2) is 13.0. The number of H-pyrrole nitrogens is 1. The number of carbonyl (C=O) groups excluding carboxylic acids is 2. The molecule has 222 valence electrons. The SMILES string of the molecule is CSc1c[nH+]ccc1C(=O)Nc1ccc(C[C@H](NC(=O)[C@]2(C)CCCN2S(=O)(=O)c2cc(Cl)cc(Cl)c2)C(=O)O)cc1. The molecule has 0 bridgehead atoms. The Bertz CT molecular complexity index is 1600. The molecule has 2 heterocycles. The molecule has 14 heteroatoms. The number of rotatable bonds is 10. The van der Waals surface area contributed by atoms with Gasteiger partial charge in [-0.15, -0.1) is 11.8 Å².